The maximum atomic E-state index is 13.1. The monoisotopic (exact) mass is 389 g/mol. The second-order valence-electron chi connectivity index (χ2n) is 7.12. The van der Waals surface area contributed by atoms with Crippen LogP contribution in [0.25, 0.3) is 0 Å². The smallest absolute Gasteiger partial charge is 0.161 e. The van der Waals surface area contributed by atoms with Crippen LogP contribution in [-0.4, -0.2) is 5.78 Å². The molecule has 1 atom stereocenters. The molecule has 28 heavy (non-hydrogen) atoms. The van der Waals surface area contributed by atoms with Crippen LogP contribution in [0.3, 0.4) is 0 Å². The van der Waals surface area contributed by atoms with Crippen LogP contribution >= 0.6 is 11.6 Å². The van der Waals surface area contributed by atoms with Crippen molar-refractivity contribution in [3.63, 3.8) is 0 Å². The van der Waals surface area contributed by atoms with E-state index in [0.717, 1.165) is 23.2 Å². The molecule has 0 amide bonds. The van der Waals surface area contributed by atoms with E-state index in [2.05, 4.69) is 6.07 Å². The van der Waals surface area contributed by atoms with Crippen LogP contribution in [0, 0.1) is 18.3 Å². The molecule has 0 spiro atoms. The van der Waals surface area contributed by atoms with Gasteiger partial charge < -0.3 is 5.73 Å². The molecule has 0 bridgehead atoms. The molecule has 2 N–H and O–H groups in total. The first-order valence-electron chi connectivity index (χ1n) is 9.30. The van der Waals surface area contributed by atoms with Crippen LogP contribution in [0.2, 0.25) is 5.02 Å². The second kappa shape index (κ2) is 7.18. The number of nitrogens with zero attached hydrogens (tertiary/aromatic N) is 2. The van der Waals surface area contributed by atoms with Crippen LogP contribution in [-0.2, 0) is 4.79 Å². The van der Waals surface area contributed by atoms with Crippen LogP contribution in [0.1, 0.15) is 36.3 Å². The van der Waals surface area contributed by atoms with E-state index in [1.165, 1.54) is 0 Å². The second-order valence-corrected chi connectivity index (χ2v) is 7.53. The van der Waals surface area contributed by atoms with Crippen molar-refractivity contribution < 1.29 is 4.79 Å². The number of benzene rings is 2. The third-order valence-electron chi connectivity index (χ3n) is 5.51. The number of nitrogens with two attached hydrogens (primary N) is 1. The highest BCUT2D eigenvalue weighted by Crippen LogP contribution is 2.47. The van der Waals surface area contributed by atoms with E-state index in [0.29, 0.717) is 40.5 Å². The number of allylic oxidation sites excluding steroid dienone is 3. The minimum Gasteiger partial charge on any atom is -0.384 e. The molecule has 1 aliphatic carbocycles. The Balaban J connectivity index is 2.02. The Morgan fingerprint density at radius 1 is 1.14 bits per heavy atom. The van der Waals surface area contributed by atoms with Gasteiger partial charge in [-0.3, -0.25) is 9.69 Å². The van der Waals surface area contributed by atoms with E-state index >= 15 is 0 Å². The molecule has 1 heterocycles. The minimum absolute atomic E-state index is 0.0757. The summed E-state index contributed by atoms with van der Waals surface area (Å²) in [7, 11) is 0. The van der Waals surface area contributed by atoms with E-state index in [1.807, 2.05) is 54.3 Å². The third-order valence-corrected chi connectivity index (χ3v) is 5.83. The normalized spacial score (nSPS) is 19.5. The van der Waals surface area contributed by atoms with Crippen LogP contribution in [0.5, 0.6) is 0 Å². The number of ketones is 1. The maximum absolute atomic E-state index is 13.1. The first kappa shape index (κ1) is 18.3. The van der Waals surface area contributed by atoms with Gasteiger partial charge >= 0.3 is 0 Å². The van der Waals surface area contributed by atoms with Crippen molar-refractivity contribution in [2.45, 2.75) is 32.1 Å². The Kier molecular flexibility index (Phi) is 4.70. The lowest BCUT2D eigenvalue weighted by atomic mass is 9.74. The zero-order chi connectivity index (χ0) is 19.8. The van der Waals surface area contributed by atoms with Crippen molar-refractivity contribution in [3.8, 4) is 6.07 Å². The van der Waals surface area contributed by atoms with Crippen molar-refractivity contribution in [2.75, 3.05) is 4.90 Å². The Morgan fingerprint density at radius 3 is 2.57 bits per heavy atom. The Hall–Kier alpha value is -3.03. The van der Waals surface area contributed by atoms with Gasteiger partial charge in [0, 0.05) is 17.7 Å². The molecule has 4 nitrogen and oxygen atoms in total. The number of Topliss-reactive ketones (excluding diaryl/α,β-unsaturated/α-hetero) is 1. The SMILES string of the molecule is Cc1ccccc1[C@H]1C(C#N)=C(N)N(c2ccccc2Cl)C2=C1C(=O)CCC2. The maximum Gasteiger partial charge on any atom is 0.161 e. The summed E-state index contributed by atoms with van der Waals surface area (Å²) in [6.07, 6.45) is 1.96. The third kappa shape index (κ3) is 2.80. The number of rotatable bonds is 2. The van der Waals surface area contributed by atoms with E-state index in [9.17, 15) is 10.1 Å². The lowest BCUT2D eigenvalue weighted by Gasteiger charge is -2.40. The van der Waals surface area contributed by atoms with Gasteiger partial charge in [-0.1, -0.05) is 48.0 Å². The van der Waals surface area contributed by atoms with Gasteiger partial charge in [-0.25, -0.2) is 0 Å². The van der Waals surface area contributed by atoms with Crippen molar-refractivity contribution in [2.24, 2.45) is 5.73 Å². The van der Waals surface area contributed by atoms with Crippen LogP contribution in [0.4, 0.5) is 5.69 Å². The van der Waals surface area contributed by atoms with Gasteiger partial charge in [-0.2, -0.15) is 5.26 Å². The Labute approximate surface area is 169 Å². The number of aryl methyl sites for hydroxylation is 1. The average molecular weight is 390 g/mol. The zero-order valence-corrected chi connectivity index (χ0v) is 16.3. The fourth-order valence-electron chi connectivity index (χ4n) is 4.22. The molecule has 0 saturated carbocycles. The molecular formula is C23H20ClN3O. The number of para-hydroxylation sites is 1. The first-order chi connectivity index (χ1) is 13.5. The van der Waals surface area contributed by atoms with Gasteiger partial charge in [-0.15, -0.1) is 0 Å². The van der Waals surface area contributed by atoms with Crippen molar-refractivity contribution in [3.05, 3.63) is 87.3 Å². The quantitative estimate of drug-likeness (QED) is 0.788. The minimum atomic E-state index is -0.437. The number of hydrogen-bond donors (Lipinski definition) is 1. The van der Waals surface area contributed by atoms with Crippen LogP contribution < -0.4 is 10.6 Å². The van der Waals surface area contributed by atoms with Gasteiger partial charge in [0.15, 0.2) is 5.78 Å². The summed E-state index contributed by atoms with van der Waals surface area (Å²) in [5, 5.41) is 10.5. The van der Waals surface area contributed by atoms with E-state index in [4.69, 9.17) is 17.3 Å². The molecular weight excluding hydrogens is 370 g/mol. The predicted octanol–water partition coefficient (Wildman–Crippen LogP) is 4.95. The first-order valence-corrected chi connectivity index (χ1v) is 9.68. The van der Waals surface area contributed by atoms with Gasteiger partial charge in [0.1, 0.15) is 5.82 Å². The number of halogens is 1. The molecule has 0 radical (unpaired) electrons. The highest BCUT2D eigenvalue weighted by atomic mass is 35.5. The Morgan fingerprint density at radius 2 is 1.86 bits per heavy atom. The molecule has 2 aromatic rings. The van der Waals surface area contributed by atoms with E-state index in [-0.39, 0.29) is 5.78 Å². The van der Waals surface area contributed by atoms with Crippen molar-refractivity contribution in [1.82, 2.24) is 0 Å². The number of carbonyl (C=O) groups is 1. The molecule has 2 aliphatic rings. The molecule has 0 unspecified atom stereocenters. The Bertz CT molecular complexity index is 1080. The van der Waals surface area contributed by atoms with Gasteiger partial charge in [0.05, 0.1) is 28.3 Å². The molecule has 2 aromatic carbocycles. The van der Waals surface area contributed by atoms with Gasteiger partial charge in [0.2, 0.25) is 0 Å². The molecule has 0 fully saturated rings. The number of anilines is 1. The van der Waals surface area contributed by atoms with Gasteiger partial charge in [0.25, 0.3) is 0 Å². The summed E-state index contributed by atoms with van der Waals surface area (Å²) in [6, 6.07) is 17.5. The summed E-state index contributed by atoms with van der Waals surface area (Å²) >= 11 is 6.45. The van der Waals surface area contributed by atoms with Crippen molar-refractivity contribution in [1.29, 1.82) is 5.26 Å². The average Bonchev–Trinajstić information content (AvgIpc) is 2.69. The van der Waals surface area contributed by atoms with Crippen LogP contribution in [0.15, 0.2) is 71.2 Å². The largest absolute Gasteiger partial charge is 0.384 e. The molecule has 0 aromatic heterocycles. The number of nitriles is 1. The molecule has 140 valence electrons. The number of carbonyl (C=O) groups excluding carboxylic acids is 1. The number of hydrogen-bond acceptors (Lipinski definition) is 4. The molecule has 0 saturated heterocycles. The van der Waals surface area contributed by atoms with E-state index in [1.54, 1.807) is 6.07 Å². The zero-order valence-electron chi connectivity index (χ0n) is 15.6. The highest BCUT2D eigenvalue weighted by molar-refractivity contribution is 6.33. The van der Waals surface area contributed by atoms with Gasteiger partial charge in [-0.05, 0) is 43.0 Å². The molecule has 1 aliphatic heterocycles. The standard InChI is InChI=1S/C23H20ClN3O/c1-14-7-2-3-8-15(14)21-16(13-25)23(26)27(18-10-5-4-9-17(18)24)19-11-6-12-20(28)22(19)21/h2-5,7-10,21H,6,11-12,26H2,1H3/t21-/m0/s1. The summed E-state index contributed by atoms with van der Waals surface area (Å²) in [5.74, 6) is -0.0168. The summed E-state index contributed by atoms with van der Waals surface area (Å²) in [5.41, 5.74) is 11.1. The summed E-state index contributed by atoms with van der Waals surface area (Å²) < 4.78 is 0. The fraction of sp³-hybridized carbons (Fsp3) is 0.217. The predicted molar refractivity (Wildman–Crippen MR) is 111 cm³/mol. The van der Waals surface area contributed by atoms with E-state index < -0.39 is 5.92 Å². The highest BCUT2D eigenvalue weighted by Gasteiger charge is 2.41. The fourth-order valence-corrected chi connectivity index (χ4v) is 4.44. The summed E-state index contributed by atoms with van der Waals surface area (Å²) in [4.78, 5) is 14.9. The molecule has 4 rings (SSSR count). The topological polar surface area (TPSA) is 70.1 Å². The lowest BCUT2D eigenvalue weighted by molar-refractivity contribution is -0.116. The molecule has 5 heteroatoms. The van der Waals surface area contributed by atoms with Crippen molar-refractivity contribution >= 4 is 23.1 Å². The lowest BCUT2D eigenvalue weighted by Crippen LogP contribution is -2.39. The summed E-state index contributed by atoms with van der Waals surface area (Å²) in [6.45, 7) is 1.99.